The SMILES string of the molecule is CCCCCCCCCC=CC=CC=CC=CC=CC(=O)Oc1ccc(C=CC(=O)CC(=O)C=Cc2ccc(OC(=O)C=CC=CC=CC=CC=CCCCCCCCCC)c(O)c2)cc1O. The fourth-order valence-corrected chi connectivity index (χ4v) is 6.23. The highest BCUT2D eigenvalue weighted by Gasteiger charge is 2.09. The van der Waals surface area contributed by atoms with Gasteiger partial charge in [0.1, 0.15) is 0 Å². The molecular weight excluding hydrogens is 837 g/mol. The van der Waals surface area contributed by atoms with Gasteiger partial charge >= 0.3 is 11.9 Å². The minimum atomic E-state index is -0.675. The number of phenols is 2. The van der Waals surface area contributed by atoms with E-state index in [0.717, 1.165) is 12.8 Å². The Bertz CT molecular complexity index is 2000. The molecule has 0 unspecified atom stereocenters. The zero-order chi connectivity index (χ0) is 48.4. The molecule has 2 N–H and O–H groups in total. The van der Waals surface area contributed by atoms with Gasteiger partial charge in [-0.3, -0.25) is 9.59 Å². The molecule has 0 aliphatic heterocycles. The van der Waals surface area contributed by atoms with Crippen LogP contribution in [0, 0.1) is 0 Å². The maximum atomic E-state index is 12.5. The van der Waals surface area contributed by atoms with Crippen LogP contribution < -0.4 is 9.47 Å². The van der Waals surface area contributed by atoms with Crippen molar-refractivity contribution in [2.45, 2.75) is 123 Å². The second-order valence-corrected chi connectivity index (χ2v) is 15.8. The van der Waals surface area contributed by atoms with Gasteiger partial charge < -0.3 is 19.7 Å². The molecule has 0 saturated heterocycles. The van der Waals surface area contributed by atoms with Gasteiger partial charge in [-0.15, -0.1) is 0 Å². The summed E-state index contributed by atoms with van der Waals surface area (Å²) in [7, 11) is 0. The number of phenolic OH excluding ortho intramolecular Hbond substituents is 2. The van der Waals surface area contributed by atoms with E-state index < -0.39 is 29.9 Å². The first-order chi connectivity index (χ1) is 32.7. The molecule has 2 aromatic carbocycles. The molecule has 2 aromatic rings. The predicted molar refractivity (Wildman–Crippen MR) is 277 cm³/mol. The van der Waals surface area contributed by atoms with E-state index in [1.165, 1.54) is 163 Å². The molecule has 356 valence electrons. The number of hydrogen-bond acceptors (Lipinski definition) is 8. The van der Waals surface area contributed by atoms with Gasteiger partial charge in [0, 0.05) is 12.2 Å². The summed E-state index contributed by atoms with van der Waals surface area (Å²) in [5, 5.41) is 20.8. The van der Waals surface area contributed by atoms with E-state index in [-0.39, 0.29) is 23.0 Å². The third kappa shape index (κ3) is 30.9. The van der Waals surface area contributed by atoms with Gasteiger partial charge in [0.25, 0.3) is 0 Å². The second kappa shape index (κ2) is 38.5. The van der Waals surface area contributed by atoms with Gasteiger partial charge in [-0.25, -0.2) is 9.59 Å². The lowest BCUT2D eigenvalue weighted by molar-refractivity contribution is -0.130. The molecule has 0 saturated carbocycles. The van der Waals surface area contributed by atoms with Crippen molar-refractivity contribution in [3.63, 3.8) is 0 Å². The molecule has 0 fully saturated rings. The van der Waals surface area contributed by atoms with Crippen molar-refractivity contribution in [1.82, 2.24) is 0 Å². The van der Waals surface area contributed by atoms with Crippen molar-refractivity contribution in [2.75, 3.05) is 0 Å². The number of carbonyl (C=O) groups is 4. The van der Waals surface area contributed by atoms with Crippen LogP contribution in [0.15, 0.2) is 170 Å². The largest absolute Gasteiger partial charge is 0.504 e. The number of carbonyl (C=O) groups excluding carboxylic acids is 4. The van der Waals surface area contributed by atoms with Crippen molar-refractivity contribution < 1.29 is 38.9 Å². The first kappa shape index (κ1) is 56.3. The molecule has 0 atom stereocenters. The van der Waals surface area contributed by atoms with Crippen LogP contribution in [-0.4, -0.2) is 33.7 Å². The summed E-state index contributed by atoms with van der Waals surface area (Å²) in [5.41, 5.74) is 0.904. The average Bonchev–Trinajstić information content (AvgIpc) is 3.31. The van der Waals surface area contributed by atoms with Crippen molar-refractivity contribution in [3.8, 4) is 23.0 Å². The Balaban J connectivity index is 1.69. The Labute approximate surface area is 400 Å². The van der Waals surface area contributed by atoms with E-state index in [4.69, 9.17) is 9.47 Å². The normalized spacial score (nSPS) is 12.7. The van der Waals surface area contributed by atoms with Crippen molar-refractivity contribution in [3.05, 3.63) is 181 Å². The number of rotatable bonds is 34. The predicted octanol–water partition coefficient (Wildman–Crippen LogP) is 15.0. The van der Waals surface area contributed by atoms with Crippen LogP contribution in [-0.2, 0) is 19.2 Å². The van der Waals surface area contributed by atoms with Crippen LogP contribution in [0.5, 0.6) is 23.0 Å². The summed E-state index contributed by atoms with van der Waals surface area (Å²) in [5.74, 6) is -2.99. The maximum Gasteiger partial charge on any atom is 0.336 e. The zero-order valence-electron chi connectivity index (χ0n) is 39.7. The van der Waals surface area contributed by atoms with Gasteiger partial charge in [0.05, 0.1) is 6.42 Å². The summed E-state index contributed by atoms with van der Waals surface area (Å²) in [6.07, 6.45) is 61.6. The zero-order valence-corrected chi connectivity index (χ0v) is 39.7. The number of allylic oxidation sites excluding steroid dienone is 20. The molecule has 67 heavy (non-hydrogen) atoms. The molecule has 0 aromatic heterocycles. The summed E-state index contributed by atoms with van der Waals surface area (Å²) < 4.78 is 10.4. The summed E-state index contributed by atoms with van der Waals surface area (Å²) in [6, 6.07) is 8.57. The van der Waals surface area contributed by atoms with Gasteiger partial charge in [-0.05, 0) is 73.2 Å². The van der Waals surface area contributed by atoms with Crippen LogP contribution in [0.2, 0.25) is 0 Å². The second-order valence-electron chi connectivity index (χ2n) is 15.8. The first-order valence-corrected chi connectivity index (χ1v) is 23.9. The molecule has 0 aliphatic rings. The molecule has 0 bridgehead atoms. The quantitative estimate of drug-likeness (QED) is 0.0177. The van der Waals surface area contributed by atoms with Crippen LogP contribution in [0.1, 0.15) is 134 Å². The topological polar surface area (TPSA) is 127 Å². The number of aromatic hydroxyl groups is 2. The number of benzene rings is 2. The highest BCUT2D eigenvalue weighted by Crippen LogP contribution is 2.29. The molecular formula is C59H72O8. The van der Waals surface area contributed by atoms with E-state index in [2.05, 4.69) is 38.2 Å². The number of ether oxygens (including phenoxy) is 2. The Morgan fingerprint density at radius 3 is 1.10 bits per heavy atom. The maximum absolute atomic E-state index is 12.5. The van der Waals surface area contributed by atoms with E-state index in [1.807, 2.05) is 48.6 Å². The minimum Gasteiger partial charge on any atom is -0.504 e. The minimum absolute atomic E-state index is 0.0470. The Morgan fingerprint density at radius 1 is 0.418 bits per heavy atom. The molecule has 0 radical (unpaired) electrons. The molecule has 0 aliphatic carbocycles. The lowest BCUT2D eigenvalue weighted by Gasteiger charge is -2.05. The molecule has 0 spiro atoms. The molecule has 0 amide bonds. The van der Waals surface area contributed by atoms with Gasteiger partial charge in [0.2, 0.25) is 0 Å². The standard InChI is InChI=1S/C59H72O8/c1-3-5-7-9-11-13-15-17-19-21-23-25-27-29-31-33-35-37-58(64)66-56-45-41-50(47-54(56)62)39-43-52(60)49-53(61)44-40-51-42-46-57(55(63)48-51)67-59(65)38-36-34-32-30-28-26-24-22-20-18-16-14-12-10-8-6-4-2/h19-48,62-63H,3-18,49H2,1-2H3. The van der Waals surface area contributed by atoms with Crippen LogP contribution >= 0.6 is 0 Å². The smallest absolute Gasteiger partial charge is 0.336 e. The summed E-state index contributed by atoms with van der Waals surface area (Å²) in [4.78, 5) is 49.4. The monoisotopic (exact) mass is 909 g/mol. The third-order valence-corrected chi connectivity index (χ3v) is 9.90. The number of unbranched alkanes of at least 4 members (excludes halogenated alkanes) is 14. The Morgan fingerprint density at radius 2 is 0.746 bits per heavy atom. The van der Waals surface area contributed by atoms with E-state index in [9.17, 15) is 29.4 Å². The van der Waals surface area contributed by atoms with Crippen molar-refractivity contribution >= 4 is 35.7 Å². The van der Waals surface area contributed by atoms with Gasteiger partial charge in [-0.1, -0.05) is 225 Å². The van der Waals surface area contributed by atoms with E-state index in [1.54, 1.807) is 36.4 Å². The number of ketones is 2. The highest BCUT2D eigenvalue weighted by molar-refractivity contribution is 6.11. The highest BCUT2D eigenvalue weighted by atomic mass is 16.5. The average molecular weight is 909 g/mol. The fraction of sp³-hybridized carbons (Fsp3) is 0.322. The third-order valence-electron chi connectivity index (χ3n) is 9.90. The number of esters is 2. The molecule has 8 nitrogen and oxygen atoms in total. The molecule has 8 heteroatoms. The summed E-state index contributed by atoms with van der Waals surface area (Å²) >= 11 is 0. The number of hydrogen-bond donors (Lipinski definition) is 2. The van der Waals surface area contributed by atoms with Gasteiger partial charge in [-0.2, -0.15) is 0 Å². The van der Waals surface area contributed by atoms with Gasteiger partial charge in [0.15, 0.2) is 34.6 Å². The summed E-state index contributed by atoms with van der Waals surface area (Å²) in [6.45, 7) is 4.47. The molecule has 2 rings (SSSR count). The van der Waals surface area contributed by atoms with E-state index >= 15 is 0 Å². The van der Waals surface area contributed by atoms with Crippen LogP contribution in [0.4, 0.5) is 0 Å². The van der Waals surface area contributed by atoms with Crippen LogP contribution in [0.3, 0.4) is 0 Å². The lowest BCUT2D eigenvalue weighted by Crippen LogP contribution is -2.04. The Hall–Kier alpha value is -6.80. The fourth-order valence-electron chi connectivity index (χ4n) is 6.23. The Kier molecular flexibility index (Phi) is 32.3. The first-order valence-electron chi connectivity index (χ1n) is 23.9. The van der Waals surface area contributed by atoms with Crippen molar-refractivity contribution in [2.24, 2.45) is 0 Å². The molecule has 0 heterocycles. The van der Waals surface area contributed by atoms with Crippen molar-refractivity contribution in [1.29, 1.82) is 0 Å². The lowest BCUT2D eigenvalue weighted by atomic mass is 10.1. The van der Waals surface area contributed by atoms with Crippen LogP contribution in [0.25, 0.3) is 12.2 Å². The van der Waals surface area contributed by atoms with E-state index in [0.29, 0.717) is 11.1 Å².